The number of nitrogens with zero attached hydrogens (tertiary/aromatic N) is 2. The Balaban J connectivity index is 1.77. The van der Waals surface area contributed by atoms with Gasteiger partial charge in [0.1, 0.15) is 0 Å². The molecule has 0 saturated heterocycles. The summed E-state index contributed by atoms with van der Waals surface area (Å²) in [5, 5.41) is 9.85. The van der Waals surface area contributed by atoms with Crippen LogP contribution in [0.4, 0.5) is 0 Å². The summed E-state index contributed by atoms with van der Waals surface area (Å²) in [4.78, 5) is 13.8. The first kappa shape index (κ1) is 15.6. The number of aromatic nitrogens is 3. The van der Waals surface area contributed by atoms with Gasteiger partial charge < -0.3 is 4.98 Å². The molecule has 8 aromatic rings. The molecule has 0 aliphatic rings. The molecule has 31 heavy (non-hydrogen) atoms. The number of rotatable bonds is 0. The van der Waals surface area contributed by atoms with E-state index in [4.69, 9.17) is 9.97 Å². The zero-order valence-corrected chi connectivity index (χ0v) is 16.5. The minimum absolute atomic E-state index is 0.984. The van der Waals surface area contributed by atoms with E-state index in [9.17, 15) is 0 Å². The first-order valence-corrected chi connectivity index (χ1v) is 10.5. The monoisotopic (exact) mass is 393 g/mol. The van der Waals surface area contributed by atoms with Gasteiger partial charge in [0, 0.05) is 26.9 Å². The second-order valence-electron chi connectivity index (χ2n) is 8.32. The van der Waals surface area contributed by atoms with Crippen molar-refractivity contribution in [2.45, 2.75) is 0 Å². The number of hydrogen-bond acceptors (Lipinski definition) is 2. The van der Waals surface area contributed by atoms with Gasteiger partial charge in [0.2, 0.25) is 0 Å². The highest BCUT2D eigenvalue weighted by Crippen LogP contribution is 2.45. The van der Waals surface area contributed by atoms with Crippen molar-refractivity contribution >= 4 is 76.2 Å². The molecule has 2 aromatic heterocycles. The number of fused-ring (bicyclic) bond motifs is 10. The lowest BCUT2D eigenvalue weighted by molar-refractivity contribution is 1.43. The molecule has 0 aliphatic heterocycles. The molecule has 0 bridgehead atoms. The zero-order valence-electron chi connectivity index (χ0n) is 16.5. The summed E-state index contributed by atoms with van der Waals surface area (Å²) < 4.78 is 0. The van der Waals surface area contributed by atoms with Gasteiger partial charge >= 0.3 is 0 Å². The Hall–Kier alpha value is -4.24. The normalized spacial score (nSPS) is 12.5. The third kappa shape index (κ3) is 1.85. The predicted molar refractivity (Wildman–Crippen MR) is 130 cm³/mol. The third-order valence-corrected chi connectivity index (χ3v) is 6.68. The molecule has 0 unspecified atom stereocenters. The summed E-state index contributed by atoms with van der Waals surface area (Å²) in [7, 11) is 0. The number of aromatic amines is 1. The van der Waals surface area contributed by atoms with Crippen molar-refractivity contribution < 1.29 is 0 Å². The molecule has 0 saturated carbocycles. The Morgan fingerprint density at radius 1 is 0.516 bits per heavy atom. The van der Waals surface area contributed by atoms with Gasteiger partial charge in [-0.05, 0) is 40.4 Å². The molecular weight excluding hydrogens is 378 g/mol. The van der Waals surface area contributed by atoms with E-state index in [2.05, 4.69) is 83.8 Å². The van der Waals surface area contributed by atoms with Gasteiger partial charge in [0.05, 0.1) is 33.1 Å². The lowest BCUT2D eigenvalue weighted by Crippen LogP contribution is -1.84. The average molecular weight is 393 g/mol. The van der Waals surface area contributed by atoms with E-state index in [1.807, 2.05) is 6.07 Å². The fourth-order valence-corrected chi connectivity index (χ4v) is 5.40. The molecule has 0 aliphatic carbocycles. The lowest BCUT2D eigenvalue weighted by Gasteiger charge is -2.04. The standard InChI is InChI=1S/C28H15N3/c1-2-8-17-15(6-1)12-13-21-24(17)25-22(29-21)14-16-7-5-9-18-23(16)26(25)28-27(18)30-19-10-3-4-11-20(19)31-28/h1-14,31H. The van der Waals surface area contributed by atoms with Crippen LogP contribution in [0.5, 0.6) is 0 Å². The number of nitrogens with one attached hydrogen (secondary N) is 1. The van der Waals surface area contributed by atoms with Crippen molar-refractivity contribution in [3.63, 3.8) is 0 Å². The number of H-pyrrole nitrogens is 1. The summed E-state index contributed by atoms with van der Waals surface area (Å²) in [6.45, 7) is 0. The van der Waals surface area contributed by atoms with Crippen LogP contribution in [0.3, 0.4) is 0 Å². The largest absolute Gasteiger partial charge is 0.351 e. The van der Waals surface area contributed by atoms with E-state index in [0.29, 0.717) is 0 Å². The van der Waals surface area contributed by atoms with Crippen LogP contribution in [0, 0.1) is 0 Å². The highest BCUT2D eigenvalue weighted by Gasteiger charge is 2.20. The van der Waals surface area contributed by atoms with Crippen molar-refractivity contribution in [1.29, 1.82) is 0 Å². The summed E-state index contributed by atoms with van der Waals surface area (Å²) >= 11 is 0. The second kappa shape index (κ2) is 5.27. The van der Waals surface area contributed by atoms with Gasteiger partial charge in [-0.15, -0.1) is 0 Å². The van der Waals surface area contributed by atoms with Gasteiger partial charge in [-0.25, -0.2) is 9.97 Å². The van der Waals surface area contributed by atoms with Gasteiger partial charge in [0.25, 0.3) is 0 Å². The maximum Gasteiger partial charge on any atom is 0.0958 e. The van der Waals surface area contributed by atoms with Crippen LogP contribution in [-0.4, -0.2) is 15.0 Å². The quantitative estimate of drug-likeness (QED) is 0.293. The summed E-state index contributed by atoms with van der Waals surface area (Å²) in [5.74, 6) is 0. The lowest BCUT2D eigenvalue weighted by atomic mass is 9.99. The molecule has 3 nitrogen and oxygen atoms in total. The molecule has 8 rings (SSSR count). The molecule has 0 fully saturated rings. The van der Waals surface area contributed by atoms with Crippen LogP contribution in [0.15, 0.2) is 84.9 Å². The Bertz CT molecular complexity index is 2000. The number of para-hydroxylation sites is 2. The van der Waals surface area contributed by atoms with Crippen molar-refractivity contribution in [2.24, 2.45) is 0 Å². The third-order valence-electron chi connectivity index (χ3n) is 6.68. The van der Waals surface area contributed by atoms with E-state index < -0.39 is 0 Å². The minimum atomic E-state index is 0.984. The van der Waals surface area contributed by atoms with Crippen molar-refractivity contribution in [2.75, 3.05) is 0 Å². The topological polar surface area (TPSA) is 41.6 Å². The first-order valence-electron chi connectivity index (χ1n) is 10.5. The van der Waals surface area contributed by atoms with Crippen LogP contribution >= 0.6 is 0 Å². The molecule has 0 atom stereocenters. The van der Waals surface area contributed by atoms with Gasteiger partial charge in [-0.2, -0.15) is 0 Å². The van der Waals surface area contributed by atoms with E-state index in [0.717, 1.165) is 33.1 Å². The Kier molecular flexibility index (Phi) is 2.65. The maximum atomic E-state index is 5.08. The first-order chi connectivity index (χ1) is 15.4. The van der Waals surface area contributed by atoms with Gasteiger partial charge in [-0.3, -0.25) is 0 Å². The van der Waals surface area contributed by atoms with Crippen LogP contribution in [0.1, 0.15) is 0 Å². The van der Waals surface area contributed by atoms with E-state index in [-0.39, 0.29) is 0 Å². The summed E-state index contributed by atoms with van der Waals surface area (Å²) in [6.07, 6.45) is 0. The second-order valence-corrected chi connectivity index (χ2v) is 8.32. The van der Waals surface area contributed by atoms with Crippen LogP contribution < -0.4 is 0 Å². The summed E-state index contributed by atoms with van der Waals surface area (Å²) in [6, 6.07) is 29.9. The molecule has 3 heteroatoms. The van der Waals surface area contributed by atoms with Crippen molar-refractivity contribution in [1.82, 2.24) is 15.0 Å². The predicted octanol–water partition coefficient (Wildman–Crippen LogP) is 7.31. The number of benzene rings is 5. The fraction of sp³-hybridized carbons (Fsp3) is 0. The fourth-order valence-electron chi connectivity index (χ4n) is 5.40. The van der Waals surface area contributed by atoms with Gasteiger partial charge in [0.15, 0.2) is 0 Å². The molecule has 142 valence electrons. The minimum Gasteiger partial charge on any atom is -0.351 e. The Labute approximate surface area is 176 Å². The maximum absolute atomic E-state index is 5.08. The summed E-state index contributed by atoms with van der Waals surface area (Å²) in [5.41, 5.74) is 6.25. The molecule has 0 radical (unpaired) electrons. The Morgan fingerprint density at radius 3 is 2.35 bits per heavy atom. The van der Waals surface area contributed by atoms with E-state index in [1.54, 1.807) is 0 Å². The highest BCUT2D eigenvalue weighted by atomic mass is 14.8. The molecule has 1 N–H and O–H groups in total. The van der Waals surface area contributed by atoms with E-state index in [1.165, 1.54) is 43.1 Å². The Morgan fingerprint density at radius 2 is 1.35 bits per heavy atom. The molecule has 2 heterocycles. The number of hydrogen-bond donors (Lipinski definition) is 1. The van der Waals surface area contributed by atoms with Crippen LogP contribution in [0.25, 0.3) is 76.2 Å². The van der Waals surface area contributed by atoms with Crippen LogP contribution in [-0.2, 0) is 0 Å². The molecule has 0 spiro atoms. The highest BCUT2D eigenvalue weighted by molar-refractivity contribution is 6.40. The molecular formula is C28H15N3. The molecule has 0 amide bonds. The zero-order chi connectivity index (χ0) is 20.1. The average Bonchev–Trinajstić information content (AvgIpc) is 3.34. The van der Waals surface area contributed by atoms with Crippen LogP contribution in [0.2, 0.25) is 0 Å². The van der Waals surface area contributed by atoms with Gasteiger partial charge in [-0.1, -0.05) is 60.7 Å². The SMILES string of the molecule is c1ccc2c(c1)ccc1nc3cc4cccc5c6nc7ccccc7[nH]c6c(c45)c3c12. The smallest absolute Gasteiger partial charge is 0.0958 e. The van der Waals surface area contributed by atoms with Crippen molar-refractivity contribution in [3.05, 3.63) is 84.9 Å². The molecule has 6 aromatic carbocycles. The van der Waals surface area contributed by atoms with E-state index >= 15 is 0 Å². The van der Waals surface area contributed by atoms with Crippen molar-refractivity contribution in [3.8, 4) is 0 Å².